The highest BCUT2D eigenvalue weighted by atomic mass is 16.2. The standard InChI is InChI=1S/C18H24N4O/c1-12(2)15-10-17(22(4)20-15)18(23)19-14-9-13-7-5-6-8-16(13)21(3)11-14/h5-8,10,12,14H,9,11H2,1-4H3,(H,19,23). The molecule has 1 atom stereocenters. The van der Waals surface area contributed by atoms with Crippen LogP contribution in [-0.4, -0.2) is 35.3 Å². The first-order valence-corrected chi connectivity index (χ1v) is 8.09. The van der Waals surface area contributed by atoms with Gasteiger partial charge in [-0.15, -0.1) is 0 Å². The van der Waals surface area contributed by atoms with Gasteiger partial charge >= 0.3 is 0 Å². The van der Waals surface area contributed by atoms with Gasteiger partial charge in [-0.3, -0.25) is 9.48 Å². The third-order valence-corrected chi connectivity index (χ3v) is 4.42. The van der Waals surface area contributed by atoms with Gasteiger partial charge in [0.1, 0.15) is 5.69 Å². The second kappa shape index (κ2) is 6.07. The van der Waals surface area contributed by atoms with E-state index >= 15 is 0 Å². The van der Waals surface area contributed by atoms with Gasteiger partial charge in [-0.05, 0) is 30.0 Å². The first-order chi connectivity index (χ1) is 11.0. The zero-order chi connectivity index (χ0) is 16.6. The molecule has 1 aromatic heterocycles. The van der Waals surface area contributed by atoms with Gasteiger partial charge in [0, 0.05) is 26.3 Å². The lowest BCUT2D eigenvalue weighted by Crippen LogP contribution is -2.47. The summed E-state index contributed by atoms with van der Waals surface area (Å²) in [5, 5.41) is 7.58. The van der Waals surface area contributed by atoms with Crippen LogP contribution in [0.25, 0.3) is 0 Å². The summed E-state index contributed by atoms with van der Waals surface area (Å²) in [6, 6.07) is 10.4. The predicted octanol–water partition coefficient (Wildman–Crippen LogP) is 2.33. The van der Waals surface area contributed by atoms with Gasteiger partial charge < -0.3 is 10.2 Å². The summed E-state index contributed by atoms with van der Waals surface area (Å²) < 4.78 is 1.67. The van der Waals surface area contributed by atoms with E-state index in [1.54, 1.807) is 4.68 Å². The molecular weight excluding hydrogens is 288 g/mol. The quantitative estimate of drug-likeness (QED) is 0.946. The molecule has 0 saturated heterocycles. The van der Waals surface area contributed by atoms with Crippen LogP contribution in [0.1, 0.15) is 41.5 Å². The van der Waals surface area contributed by atoms with Crippen LogP contribution in [-0.2, 0) is 13.5 Å². The maximum Gasteiger partial charge on any atom is 0.269 e. The van der Waals surface area contributed by atoms with Crippen LogP contribution in [0, 0.1) is 0 Å². The fourth-order valence-corrected chi connectivity index (χ4v) is 3.15. The maximum atomic E-state index is 12.6. The number of fused-ring (bicyclic) bond motifs is 1. The van der Waals surface area contributed by atoms with E-state index in [1.807, 2.05) is 19.2 Å². The number of para-hydroxylation sites is 1. The van der Waals surface area contributed by atoms with E-state index in [-0.39, 0.29) is 11.9 Å². The summed E-state index contributed by atoms with van der Waals surface area (Å²) in [4.78, 5) is 14.8. The van der Waals surface area contributed by atoms with Crippen LogP contribution in [0.5, 0.6) is 0 Å². The number of rotatable bonds is 3. The molecule has 1 aliphatic heterocycles. The lowest BCUT2D eigenvalue weighted by Gasteiger charge is -2.33. The van der Waals surface area contributed by atoms with Crippen LogP contribution >= 0.6 is 0 Å². The molecule has 2 aromatic rings. The highest BCUT2D eigenvalue weighted by Crippen LogP contribution is 2.25. The Balaban J connectivity index is 1.74. The van der Waals surface area contributed by atoms with E-state index in [4.69, 9.17) is 0 Å². The number of hydrogen-bond donors (Lipinski definition) is 1. The number of carbonyl (C=O) groups is 1. The largest absolute Gasteiger partial charge is 0.372 e. The molecule has 3 rings (SSSR count). The molecule has 0 radical (unpaired) electrons. The molecular formula is C18H24N4O. The van der Waals surface area contributed by atoms with Crippen LogP contribution in [0.4, 0.5) is 5.69 Å². The summed E-state index contributed by atoms with van der Waals surface area (Å²) in [5.41, 5.74) is 4.10. The van der Waals surface area contributed by atoms with E-state index in [0.717, 1.165) is 18.7 Å². The second-order valence-corrected chi connectivity index (χ2v) is 6.62. The Kier molecular flexibility index (Phi) is 4.11. The van der Waals surface area contributed by atoms with Gasteiger partial charge in [0.2, 0.25) is 0 Å². The van der Waals surface area contributed by atoms with Crippen molar-refractivity contribution in [2.75, 3.05) is 18.5 Å². The summed E-state index contributed by atoms with van der Waals surface area (Å²) in [5.74, 6) is 0.264. The van der Waals surface area contributed by atoms with E-state index < -0.39 is 0 Å². The van der Waals surface area contributed by atoms with Crippen LogP contribution in [0.3, 0.4) is 0 Å². The number of hydrogen-bond acceptors (Lipinski definition) is 3. The smallest absolute Gasteiger partial charge is 0.269 e. The van der Waals surface area contributed by atoms with Crippen molar-refractivity contribution in [3.63, 3.8) is 0 Å². The van der Waals surface area contributed by atoms with Gasteiger partial charge in [-0.25, -0.2) is 0 Å². The summed E-state index contributed by atoms with van der Waals surface area (Å²) in [7, 11) is 3.89. The highest BCUT2D eigenvalue weighted by molar-refractivity contribution is 5.93. The average molecular weight is 312 g/mol. The maximum absolute atomic E-state index is 12.6. The molecule has 0 spiro atoms. The SMILES string of the molecule is CC(C)c1cc(C(=O)NC2Cc3ccccc3N(C)C2)n(C)n1. The first kappa shape index (κ1) is 15.6. The number of benzene rings is 1. The van der Waals surface area contributed by atoms with Gasteiger partial charge in [0.05, 0.1) is 11.7 Å². The zero-order valence-electron chi connectivity index (χ0n) is 14.2. The first-order valence-electron chi connectivity index (χ1n) is 8.09. The molecule has 1 unspecified atom stereocenters. The fourth-order valence-electron chi connectivity index (χ4n) is 3.15. The topological polar surface area (TPSA) is 50.2 Å². The van der Waals surface area contributed by atoms with Gasteiger partial charge in [-0.1, -0.05) is 32.0 Å². The number of likely N-dealkylation sites (N-methyl/N-ethyl adjacent to an activating group) is 1. The number of nitrogens with one attached hydrogen (secondary N) is 1. The lowest BCUT2D eigenvalue weighted by atomic mass is 9.98. The number of anilines is 1. The number of aryl methyl sites for hydroxylation is 1. The van der Waals surface area contributed by atoms with E-state index in [9.17, 15) is 4.79 Å². The fraction of sp³-hybridized carbons (Fsp3) is 0.444. The number of nitrogens with zero attached hydrogens (tertiary/aromatic N) is 3. The molecule has 23 heavy (non-hydrogen) atoms. The Bertz CT molecular complexity index is 720. The minimum absolute atomic E-state index is 0.0512. The van der Waals surface area contributed by atoms with Crippen LogP contribution < -0.4 is 10.2 Å². The minimum atomic E-state index is -0.0512. The molecule has 1 amide bonds. The minimum Gasteiger partial charge on any atom is -0.372 e. The Labute approximate surface area is 137 Å². The third-order valence-electron chi connectivity index (χ3n) is 4.42. The predicted molar refractivity (Wildman–Crippen MR) is 92.0 cm³/mol. The molecule has 0 bridgehead atoms. The van der Waals surface area contributed by atoms with E-state index in [0.29, 0.717) is 11.6 Å². The van der Waals surface area contributed by atoms with Crippen molar-refractivity contribution in [2.45, 2.75) is 32.2 Å². The summed E-state index contributed by atoms with van der Waals surface area (Å²) in [6.45, 7) is 4.98. The third kappa shape index (κ3) is 3.09. The van der Waals surface area contributed by atoms with Crippen molar-refractivity contribution < 1.29 is 4.79 Å². The lowest BCUT2D eigenvalue weighted by molar-refractivity contribution is 0.0927. The molecule has 0 fully saturated rings. The van der Waals surface area contributed by atoms with Crippen molar-refractivity contribution in [1.29, 1.82) is 0 Å². The number of aromatic nitrogens is 2. The Morgan fingerprint density at radius 2 is 2.04 bits per heavy atom. The molecule has 5 heteroatoms. The Hall–Kier alpha value is -2.30. The van der Waals surface area contributed by atoms with Gasteiger partial charge in [-0.2, -0.15) is 5.10 Å². The molecule has 0 aliphatic carbocycles. The molecule has 122 valence electrons. The zero-order valence-corrected chi connectivity index (χ0v) is 14.2. The molecule has 0 saturated carbocycles. The van der Waals surface area contributed by atoms with Crippen molar-refractivity contribution in [3.05, 3.63) is 47.3 Å². The van der Waals surface area contributed by atoms with Crippen molar-refractivity contribution in [3.8, 4) is 0 Å². The molecule has 2 heterocycles. The van der Waals surface area contributed by atoms with Crippen molar-refractivity contribution in [2.24, 2.45) is 7.05 Å². The average Bonchev–Trinajstić information content (AvgIpc) is 2.89. The Morgan fingerprint density at radius 1 is 1.30 bits per heavy atom. The summed E-state index contributed by atoms with van der Waals surface area (Å²) in [6.07, 6.45) is 0.862. The molecule has 1 aromatic carbocycles. The number of carbonyl (C=O) groups excluding carboxylic acids is 1. The van der Waals surface area contributed by atoms with Gasteiger partial charge in [0.25, 0.3) is 5.91 Å². The van der Waals surface area contributed by atoms with Gasteiger partial charge in [0.15, 0.2) is 0 Å². The van der Waals surface area contributed by atoms with Crippen LogP contribution in [0.2, 0.25) is 0 Å². The Morgan fingerprint density at radius 3 is 2.74 bits per heavy atom. The molecule has 1 aliphatic rings. The molecule has 5 nitrogen and oxygen atoms in total. The molecule has 1 N–H and O–H groups in total. The summed E-state index contributed by atoms with van der Waals surface area (Å²) >= 11 is 0. The highest BCUT2D eigenvalue weighted by Gasteiger charge is 2.24. The number of amides is 1. The van der Waals surface area contributed by atoms with Crippen LogP contribution in [0.15, 0.2) is 30.3 Å². The van der Waals surface area contributed by atoms with E-state index in [1.165, 1.54) is 11.3 Å². The van der Waals surface area contributed by atoms with Crippen molar-refractivity contribution in [1.82, 2.24) is 15.1 Å². The normalized spacial score (nSPS) is 17.3. The van der Waals surface area contributed by atoms with Crippen molar-refractivity contribution >= 4 is 11.6 Å². The monoisotopic (exact) mass is 312 g/mol. The second-order valence-electron chi connectivity index (χ2n) is 6.62. The van der Waals surface area contributed by atoms with E-state index in [2.05, 4.69) is 54.4 Å².